The standard InChI is InChI=1S/C15H22N4O2/c1-11(2)9-17-8-6-16-13(17)10-19-14(20)12-5-3-4-7-18(12)15(19)21/h6,8,11-12H,3-5,7,9-10H2,1-2H3/t12-/m0/s1. The highest BCUT2D eigenvalue weighted by atomic mass is 16.2. The molecule has 0 saturated carbocycles. The maximum absolute atomic E-state index is 12.4. The number of imidazole rings is 1. The zero-order chi connectivity index (χ0) is 15.0. The average Bonchev–Trinajstić information content (AvgIpc) is 2.98. The summed E-state index contributed by atoms with van der Waals surface area (Å²) in [4.78, 5) is 32.3. The largest absolute Gasteiger partial charge is 0.333 e. The maximum Gasteiger partial charge on any atom is 0.327 e. The Morgan fingerprint density at radius 1 is 1.33 bits per heavy atom. The van der Waals surface area contributed by atoms with Crippen LogP contribution in [0.25, 0.3) is 0 Å². The number of fused-ring (bicyclic) bond motifs is 1. The molecule has 2 aliphatic rings. The highest BCUT2D eigenvalue weighted by Crippen LogP contribution is 2.27. The van der Waals surface area contributed by atoms with Crippen LogP contribution in [-0.2, 0) is 17.9 Å². The highest BCUT2D eigenvalue weighted by Gasteiger charge is 2.46. The van der Waals surface area contributed by atoms with Gasteiger partial charge in [-0.25, -0.2) is 9.78 Å². The summed E-state index contributed by atoms with van der Waals surface area (Å²) in [5.74, 6) is 1.22. The molecule has 0 aliphatic carbocycles. The summed E-state index contributed by atoms with van der Waals surface area (Å²) in [6, 6.07) is -0.386. The number of hydrogen-bond donors (Lipinski definition) is 0. The maximum atomic E-state index is 12.4. The number of hydrogen-bond acceptors (Lipinski definition) is 3. The van der Waals surface area contributed by atoms with E-state index in [0.29, 0.717) is 12.5 Å². The summed E-state index contributed by atoms with van der Waals surface area (Å²) in [5, 5.41) is 0. The Bertz CT molecular complexity index is 528. The third-order valence-electron chi connectivity index (χ3n) is 4.19. The number of rotatable bonds is 4. The highest BCUT2D eigenvalue weighted by molar-refractivity contribution is 6.04. The van der Waals surface area contributed by atoms with E-state index in [2.05, 4.69) is 18.8 Å². The normalized spacial score (nSPS) is 22.3. The van der Waals surface area contributed by atoms with Gasteiger partial charge in [-0.05, 0) is 25.2 Å². The number of amides is 3. The molecule has 3 heterocycles. The first-order valence-electron chi connectivity index (χ1n) is 7.70. The zero-order valence-corrected chi connectivity index (χ0v) is 12.7. The van der Waals surface area contributed by atoms with Crippen molar-refractivity contribution >= 4 is 11.9 Å². The van der Waals surface area contributed by atoms with Crippen molar-refractivity contribution in [2.24, 2.45) is 5.92 Å². The summed E-state index contributed by atoms with van der Waals surface area (Å²) in [7, 11) is 0. The van der Waals surface area contributed by atoms with Gasteiger partial charge in [0.25, 0.3) is 5.91 Å². The van der Waals surface area contributed by atoms with Gasteiger partial charge < -0.3 is 9.47 Å². The molecule has 2 aliphatic heterocycles. The lowest BCUT2D eigenvalue weighted by atomic mass is 10.0. The van der Waals surface area contributed by atoms with E-state index in [4.69, 9.17) is 0 Å². The average molecular weight is 290 g/mol. The van der Waals surface area contributed by atoms with Gasteiger partial charge in [0.05, 0.1) is 6.54 Å². The lowest BCUT2D eigenvalue weighted by Crippen LogP contribution is -2.39. The molecule has 1 atom stereocenters. The number of aromatic nitrogens is 2. The Morgan fingerprint density at radius 2 is 2.14 bits per heavy atom. The fraction of sp³-hybridized carbons (Fsp3) is 0.667. The Balaban J connectivity index is 1.77. The van der Waals surface area contributed by atoms with Crippen LogP contribution in [0.3, 0.4) is 0 Å². The summed E-state index contributed by atoms with van der Waals surface area (Å²) in [5.41, 5.74) is 0. The smallest absolute Gasteiger partial charge is 0.327 e. The number of carbonyl (C=O) groups excluding carboxylic acids is 2. The molecule has 2 saturated heterocycles. The van der Waals surface area contributed by atoms with E-state index in [1.165, 1.54) is 4.90 Å². The zero-order valence-electron chi connectivity index (χ0n) is 12.7. The Hall–Kier alpha value is -1.85. The number of nitrogens with zero attached hydrogens (tertiary/aromatic N) is 4. The Morgan fingerprint density at radius 3 is 2.86 bits per heavy atom. The molecule has 0 N–H and O–H groups in total. The van der Waals surface area contributed by atoms with Crippen LogP contribution in [0.2, 0.25) is 0 Å². The van der Waals surface area contributed by atoms with Crippen molar-refractivity contribution < 1.29 is 9.59 Å². The second-order valence-corrected chi connectivity index (χ2v) is 6.30. The minimum Gasteiger partial charge on any atom is -0.333 e. The fourth-order valence-corrected chi connectivity index (χ4v) is 3.18. The third kappa shape index (κ3) is 2.54. The summed E-state index contributed by atoms with van der Waals surface area (Å²) < 4.78 is 2.03. The number of urea groups is 1. The molecular weight excluding hydrogens is 268 g/mol. The molecule has 0 spiro atoms. The topological polar surface area (TPSA) is 58.4 Å². The van der Waals surface area contributed by atoms with Crippen LogP contribution in [0.5, 0.6) is 0 Å². The van der Waals surface area contributed by atoms with Crippen LogP contribution in [-0.4, -0.2) is 43.9 Å². The van der Waals surface area contributed by atoms with Crippen LogP contribution in [0.4, 0.5) is 4.79 Å². The number of carbonyl (C=O) groups is 2. The first-order chi connectivity index (χ1) is 10.1. The second-order valence-electron chi connectivity index (χ2n) is 6.30. The molecule has 6 nitrogen and oxygen atoms in total. The van der Waals surface area contributed by atoms with Crippen LogP contribution < -0.4 is 0 Å². The van der Waals surface area contributed by atoms with Crippen molar-refractivity contribution in [1.29, 1.82) is 0 Å². The fourth-order valence-electron chi connectivity index (χ4n) is 3.18. The van der Waals surface area contributed by atoms with Crippen molar-refractivity contribution in [1.82, 2.24) is 19.4 Å². The van der Waals surface area contributed by atoms with Crippen LogP contribution in [0.1, 0.15) is 38.9 Å². The molecule has 114 valence electrons. The summed E-state index contributed by atoms with van der Waals surface area (Å²) in [6.07, 6.45) is 6.45. The van der Waals surface area contributed by atoms with Gasteiger partial charge in [-0.2, -0.15) is 0 Å². The van der Waals surface area contributed by atoms with E-state index in [1.54, 1.807) is 11.1 Å². The van der Waals surface area contributed by atoms with E-state index >= 15 is 0 Å². The Labute approximate surface area is 124 Å². The monoisotopic (exact) mass is 290 g/mol. The molecule has 0 radical (unpaired) electrons. The van der Waals surface area contributed by atoms with Crippen molar-refractivity contribution in [3.63, 3.8) is 0 Å². The lowest BCUT2D eigenvalue weighted by molar-refractivity contribution is -0.129. The molecule has 1 aromatic heterocycles. The van der Waals surface area contributed by atoms with Gasteiger partial charge in [-0.15, -0.1) is 0 Å². The molecule has 3 rings (SSSR count). The molecule has 3 amide bonds. The predicted molar refractivity (Wildman–Crippen MR) is 77.4 cm³/mol. The van der Waals surface area contributed by atoms with Gasteiger partial charge >= 0.3 is 6.03 Å². The van der Waals surface area contributed by atoms with Crippen LogP contribution in [0.15, 0.2) is 12.4 Å². The lowest BCUT2D eigenvalue weighted by Gasteiger charge is -2.26. The molecule has 0 aromatic carbocycles. The first-order valence-corrected chi connectivity index (χ1v) is 7.70. The van der Waals surface area contributed by atoms with Gasteiger partial charge in [0.1, 0.15) is 11.9 Å². The van der Waals surface area contributed by atoms with Crippen molar-refractivity contribution in [3.8, 4) is 0 Å². The minimum atomic E-state index is -0.236. The summed E-state index contributed by atoms with van der Waals surface area (Å²) in [6.45, 7) is 6.10. The van der Waals surface area contributed by atoms with Crippen LogP contribution in [0, 0.1) is 5.92 Å². The molecule has 2 fully saturated rings. The SMILES string of the molecule is CC(C)Cn1ccnc1CN1C(=O)[C@@H]2CCCCN2C1=O. The number of piperidine rings is 1. The molecule has 21 heavy (non-hydrogen) atoms. The molecule has 1 aromatic rings. The molecular formula is C15H22N4O2. The molecule has 0 bridgehead atoms. The molecule has 6 heteroatoms. The van der Waals surface area contributed by atoms with Crippen molar-refractivity contribution in [2.75, 3.05) is 6.54 Å². The van der Waals surface area contributed by atoms with Gasteiger partial charge in [-0.1, -0.05) is 13.8 Å². The van der Waals surface area contributed by atoms with Crippen molar-refractivity contribution in [2.45, 2.75) is 52.2 Å². The van der Waals surface area contributed by atoms with Gasteiger partial charge in [0.15, 0.2) is 0 Å². The minimum absolute atomic E-state index is 0.0567. The Kier molecular flexibility index (Phi) is 3.69. The van der Waals surface area contributed by atoms with Gasteiger partial charge in [-0.3, -0.25) is 9.69 Å². The third-order valence-corrected chi connectivity index (χ3v) is 4.19. The van der Waals surface area contributed by atoms with E-state index in [0.717, 1.165) is 31.6 Å². The predicted octanol–water partition coefficient (Wildman–Crippen LogP) is 1.86. The number of imide groups is 1. The van der Waals surface area contributed by atoms with E-state index in [9.17, 15) is 9.59 Å². The first kappa shape index (κ1) is 14.1. The summed E-state index contributed by atoms with van der Waals surface area (Å²) >= 11 is 0. The van der Waals surface area contributed by atoms with E-state index in [1.807, 2.05) is 10.8 Å². The van der Waals surface area contributed by atoms with Crippen molar-refractivity contribution in [3.05, 3.63) is 18.2 Å². The van der Waals surface area contributed by atoms with E-state index < -0.39 is 0 Å². The quantitative estimate of drug-likeness (QED) is 0.795. The van der Waals surface area contributed by atoms with Gasteiger partial charge in [0.2, 0.25) is 0 Å². The van der Waals surface area contributed by atoms with E-state index in [-0.39, 0.29) is 24.5 Å². The van der Waals surface area contributed by atoms with Crippen LogP contribution >= 0.6 is 0 Å². The van der Waals surface area contributed by atoms with Gasteiger partial charge in [0, 0.05) is 25.5 Å². The second kappa shape index (κ2) is 5.50. The molecule has 0 unspecified atom stereocenters.